The smallest absolute Gasteiger partial charge is 0.338 e. The average Bonchev–Trinajstić information content (AvgIpc) is 2.84. The fourth-order valence-electron chi connectivity index (χ4n) is 4.46. The number of methoxy groups -OCH3 is 1. The predicted octanol–water partition coefficient (Wildman–Crippen LogP) is 2.54. The van der Waals surface area contributed by atoms with Crippen LogP contribution in [0.25, 0.3) is 0 Å². The number of ether oxygens (including phenoxy) is 4. The summed E-state index contributed by atoms with van der Waals surface area (Å²) in [7, 11) is 1.53. The zero-order valence-corrected chi connectivity index (χ0v) is 20.8. The maximum absolute atomic E-state index is 13.1. The topological polar surface area (TPSA) is 115 Å². The highest BCUT2D eigenvalue weighted by Gasteiger charge is 2.36. The molecule has 35 heavy (non-hydrogen) atoms. The summed E-state index contributed by atoms with van der Waals surface area (Å²) in [5.41, 5.74) is 1.43. The van der Waals surface area contributed by atoms with Gasteiger partial charge in [-0.05, 0) is 57.9 Å². The molecule has 2 aliphatic rings. The van der Waals surface area contributed by atoms with Crippen molar-refractivity contribution >= 4 is 18.0 Å². The number of hydrogen-bond donors (Lipinski definition) is 2. The second kappa shape index (κ2) is 12.4. The highest BCUT2D eigenvalue weighted by atomic mass is 16.5. The molecule has 0 bridgehead atoms. The number of nitrogens with zero attached hydrogens (tertiary/aromatic N) is 1. The van der Waals surface area contributed by atoms with E-state index in [4.69, 9.17) is 18.9 Å². The Bertz CT molecular complexity index is 962. The number of urea groups is 1. The molecule has 2 atom stereocenters. The molecule has 0 unspecified atom stereocenters. The molecule has 10 nitrogen and oxygen atoms in total. The van der Waals surface area contributed by atoms with Gasteiger partial charge in [-0.1, -0.05) is 6.07 Å². The highest BCUT2D eigenvalue weighted by Crippen LogP contribution is 2.35. The van der Waals surface area contributed by atoms with E-state index in [1.807, 2.05) is 6.92 Å². The van der Waals surface area contributed by atoms with Crippen molar-refractivity contribution in [1.82, 2.24) is 15.5 Å². The van der Waals surface area contributed by atoms with E-state index in [0.717, 1.165) is 19.4 Å². The second-order valence-electron chi connectivity index (χ2n) is 8.31. The summed E-state index contributed by atoms with van der Waals surface area (Å²) >= 11 is 0. The molecule has 1 aromatic carbocycles. The lowest BCUT2D eigenvalue weighted by molar-refractivity contribution is -0.150. The third-order valence-corrected chi connectivity index (χ3v) is 5.98. The van der Waals surface area contributed by atoms with Gasteiger partial charge in [-0.25, -0.2) is 9.59 Å². The number of esters is 2. The van der Waals surface area contributed by atoms with Crippen molar-refractivity contribution in [2.45, 2.75) is 39.7 Å². The zero-order valence-electron chi connectivity index (χ0n) is 20.8. The zero-order chi connectivity index (χ0) is 25.4. The summed E-state index contributed by atoms with van der Waals surface area (Å²) in [6.07, 6.45) is 1.57. The Morgan fingerprint density at radius 2 is 1.86 bits per heavy atom. The Morgan fingerprint density at radius 1 is 1.09 bits per heavy atom. The first-order valence-electron chi connectivity index (χ1n) is 12.1. The van der Waals surface area contributed by atoms with E-state index >= 15 is 0 Å². The van der Waals surface area contributed by atoms with Gasteiger partial charge in [-0.3, -0.25) is 9.69 Å². The van der Waals surface area contributed by atoms with Crippen LogP contribution in [0.15, 0.2) is 29.5 Å². The maximum Gasteiger partial charge on any atom is 0.338 e. The van der Waals surface area contributed by atoms with Crippen molar-refractivity contribution < 1.29 is 33.3 Å². The Hall–Kier alpha value is -3.27. The van der Waals surface area contributed by atoms with E-state index < -0.39 is 18.0 Å². The molecule has 0 aromatic heterocycles. The van der Waals surface area contributed by atoms with Gasteiger partial charge < -0.3 is 29.6 Å². The SMILES string of the molecule is CCOC(=O)C1=C(CN2CCC[C@H](C(=O)OCC)C2)NC(=O)N[C@@H]1c1ccc(OCC)c(OC)c1. The number of amides is 2. The molecule has 0 radical (unpaired) electrons. The molecule has 0 aliphatic carbocycles. The van der Waals surface area contributed by atoms with E-state index in [2.05, 4.69) is 15.5 Å². The van der Waals surface area contributed by atoms with Crippen LogP contribution >= 0.6 is 0 Å². The number of nitrogens with one attached hydrogen (secondary N) is 2. The molecule has 3 rings (SSSR count). The summed E-state index contributed by atoms with van der Waals surface area (Å²) in [5.74, 6) is 0.0886. The van der Waals surface area contributed by atoms with Crippen LogP contribution in [-0.2, 0) is 19.1 Å². The Balaban J connectivity index is 1.95. The minimum Gasteiger partial charge on any atom is -0.493 e. The largest absolute Gasteiger partial charge is 0.493 e. The number of rotatable bonds is 10. The molecule has 2 aliphatic heterocycles. The number of benzene rings is 1. The van der Waals surface area contributed by atoms with Crippen LogP contribution in [-0.4, -0.2) is 69.4 Å². The normalized spacial score (nSPS) is 20.5. The molecular weight excluding hydrogens is 454 g/mol. The van der Waals surface area contributed by atoms with Crippen LogP contribution < -0.4 is 20.1 Å². The van der Waals surface area contributed by atoms with E-state index in [-0.39, 0.29) is 18.5 Å². The molecule has 2 N–H and O–H groups in total. The van der Waals surface area contributed by atoms with Gasteiger partial charge in [0, 0.05) is 18.8 Å². The van der Waals surface area contributed by atoms with E-state index in [9.17, 15) is 14.4 Å². The van der Waals surface area contributed by atoms with Gasteiger partial charge in [-0.15, -0.1) is 0 Å². The summed E-state index contributed by atoms with van der Waals surface area (Å²) < 4.78 is 21.6. The van der Waals surface area contributed by atoms with Crippen LogP contribution in [0.2, 0.25) is 0 Å². The fraction of sp³-hybridized carbons (Fsp3) is 0.560. The molecule has 2 heterocycles. The molecule has 0 spiro atoms. The van der Waals surface area contributed by atoms with Crippen LogP contribution in [0, 0.1) is 5.92 Å². The van der Waals surface area contributed by atoms with Crippen LogP contribution in [0.4, 0.5) is 4.79 Å². The third kappa shape index (κ3) is 6.45. The predicted molar refractivity (Wildman–Crippen MR) is 128 cm³/mol. The molecule has 1 fully saturated rings. The summed E-state index contributed by atoms with van der Waals surface area (Å²) in [6.45, 7) is 7.92. The molecule has 1 saturated heterocycles. The number of carbonyl (C=O) groups excluding carboxylic acids is 3. The van der Waals surface area contributed by atoms with E-state index in [1.54, 1.807) is 32.0 Å². The molecule has 1 aromatic rings. The molecular formula is C25H35N3O7. The van der Waals surface area contributed by atoms with Crippen molar-refractivity contribution in [2.24, 2.45) is 5.92 Å². The van der Waals surface area contributed by atoms with Gasteiger partial charge in [0.25, 0.3) is 0 Å². The van der Waals surface area contributed by atoms with Gasteiger partial charge in [0.1, 0.15) is 0 Å². The van der Waals surface area contributed by atoms with Crippen molar-refractivity contribution in [3.05, 3.63) is 35.0 Å². The van der Waals surface area contributed by atoms with Crippen molar-refractivity contribution in [3.8, 4) is 11.5 Å². The number of carbonyl (C=O) groups is 3. The number of piperidine rings is 1. The minimum atomic E-state index is -0.743. The van der Waals surface area contributed by atoms with Crippen molar-refractivity contribution in [3.63, 3.8) is 0 Å². The summed E-state index contributed by atoms with van der Waals surface area (Å²) in [4.78, 5) is 40.1. The molecule has 192 valence electrons. The quantitative estimate of drug-likeness (QED) is 0.482. The third-order valence-electron chi connectivity index (χ3n) is 5.98. The van der Waals surface area contributed by atoms with Crippen LogP contribution in [0.1, 0.15) is 45.2 Å². The Labute approximate surface area is 205 Å². The molecule has 2 amide bonds. The first-order chi connectivity index (χ1) is 16.9. The van der Waals surface area contributed by atoms with E-state index in [1.165, 1.54) is 7.11 Å². The molecule has 10 heteroatoms. The minimum absolute atomic E-state index is 0.192. The van der Waals surface area contributed by atoms with Crippen LogP contribution in [0.3, 0.4) is 0 Å². The van der Waals surface area contributed by atoms with Crippen molar-refractivity contribution in [1.29, 1.82) is 0 Å². The first kappa shape index (κ1) is 26.3. The molecule has 0 saturated carbocycles. The van der Waals surface area contributed by atoms with Gasteiger partial charge in [0.2, 0.25) is 0 Å². The van der Waals surface area contributed by atoms with E-state index in [0.29, 0.717) is 54.6 Å². The summed E-state index contributed by atoms with van der Waals surface area (Å²) in [5, 5.41) is 5.64. The second-order valence-corrected chi connectivity index (χ2v) is 8.31. The van der Waals surface area contributed by atoms with Crippen molar-refractivity contribution in [2.75, 3.05) is 46.6 Å². The average molecular weight is 490 g/mol. The van der Waals surface area contributed by atoms with Gasteiger partial charge in [0.05, 0.1) is 44.5 Å². The fourth-order valence-corrected chi connectivity index (χ4v) is 4.46. The number of hydrogen-bond acceptors (Lipinski definition) is 8. The van der Waals surface area contributed by atoms with Gasteiger partial charge >= 0.3 is 18.0 Å². The summed E-state index contributed by atoms with van der Waals surface area (Å²) in [6, 6.07) is 4.12. The van der Waals surface area contributed by atoms with Gasteiger partial charge in [-0.2, -0.15) is 0 Å². The first-order valence-corrected chi connectivity index (χ1v) is 12.1. The lowest BCUT2D eigenvalue weighted by Crippen LogP contribution is -2.50. The maximum atomic E-state index is 13.1. The number of likely N-dealkylation sites (tertiary alicyclic amines) is 1. The monoisotopic (exact) mass is 489 g/mol. The Kier molecular flexibility index (Phi) is 9.36. The Morgan fingerprint density at radius 3 is 2.54 bits per heavy atom. The lowest BCUT2D eigenvalue weighted by atomic mass is 9.93. The van der Waals surface area contributed by atoms with Crippen LogP contribution in [0.5, 0.6) is 11.5 Å². The highest BCUT2D eigenvalue weighted by molar-refractivity contribution is 5.95. The lowest BCUT2D eigenvalue weighted by Gasteiger charge is -2.35. The standard InChI is InChI=1S/C25H35N3O7/c1-5-33-19-11-10-16(13-20(19)32-4)22-21(24(30)35-7-3)18(26-25(31)27-22)15-28-12-8-9-17(14-28)23(29)34-6-2/h10-11,13,17,22H,5-9,12,14-15H2,1-4H3,(H2,26,27,31)/t17-,22+/m0/s1. The van der Waals surface area contributed by atoms with Gasteiger partial charge in [0.15, 0.2) is 11.5 Å².